The van der Waals surface area contributed by atoms with Crippen molar-refractivity contribution in [2.75, 3.05) is 19.7 Å². The summed E-state index contributed by atoms with van der Waals surface area (Å²) in [4.78, 5) is 10.9. The number of likely N-dealkylation sites (tertiary alicyclic amines) is 1. The van der Waals surface area contributed by atoms with E-state index in [4.69, 9.17) is 28.9 Å². The first-order valence-electron chi connectivity index (χ1n) is 8.58. The van der Waals surface area contributed by atoms with Crippen LogP contribution in [0, 0.1) is 0 Å². The summed E-state index contributed by atoms with van der Waals surface area (Å²) in [5.41, 5.74) is 7.35. The van der Waals surface area contributed by atoms with Gasteiger partial charge in [-0.1, -0.05) is 35.3 Å². The van der Waals surface area contributed by atoms with E-state index < -0.39 is 5.54 Å². The number of aliphatic imine (C=N–C) groups is 2. The lowest BCUT2D eigenvalue weighted by atomic mass is 9.89. The Bertz CT molecular complexity index is 871. The Labute approximate surface area is 167 Å². The fourth-order valence-corrected chi connectivity index (χ4v) is 3.49. The lowest BCUT2D eigenvalue weighted by Crippen LogP contribution is -2.53. The normalized spacial score (nSPS) is 17.2. The highest BCUT2D eigenvalue weighted by atomic mass is 35.5. The molecule has 0 bridgehead atoms. The van der Waals surface area contributed by atoms with E-state index in [0.717, 1.165) is 18.9 Å². The first-order valence-corrected chi connectivity index (χ1v) is 9.33. The van der Waals surface area contributed by atoms with Crippen molar-refractivity contribution in [1.29, 1.82) is 0 Å². The van der Waals surface area contributed by atoms with Crippen molar-refractivity contribution in [2.45, 2.75) is 25.3 Å². The maximum Gasteiger partial charge on any atom is 0.176 e. The van der Waals surface area contributed by atoms with Crippen molar-refractivity contribution in [3.8, 4) is 11.3 Å². The Kier molecular flexibility index (Phi) is 5.86. The molecule has 0 atom stereocenters. The second-order valence-electron chi connectivity index (χ2n) is 6.70. The van der Waals surface area contributed by atoms with Crippen LogP contribution < -0.4 is 5.73 Å². The van der Waals surface area contributed by atoms with Crippen LogP contribution in [0.25, 0.3) is 11.3 Å². The molecule has 7 nitrogen and oxygen atoms in total. The third kappa shape index (κ3) is 4.01. The third-order valence-electron chi connectivity index (χ3n) is 4.89. The molecule has 0 unspecified atom stereocenters. The van der Waals surface area contributed by atoms with E-state index in [-0.39, 0.29) is 6.61 Å². The van der Waals surface area contributed by atoms with E-state index in [1.165, 1.54) is 0 Å². The molecular weight excluding hydrogens is 387 g/mol. The first-order chi connectivity index (χ1) is 12.9. The lowest BCUT2D eigenvalue weighted by molar-refractivity contribution is 0.135. The molecule has 1 aromatic heterocycles. The summed E-state index contributed by atoms with van der Waals surface area (Å²) in [5, 5.41) is 17.5. The number of piperidine rings is 1. The average Bonchev–Trinajstić information content (AvgIpc) is 3.06. The van der Waals surface area contributed by atoms with Gasteiger partial charge in [-0.05, 0) is 32.5 Å². The highest BCUT2D eigenvalue weighted by Crippen LogP contribution is 2.41. The number of nitrogens with zero attached hydrogens (tertiary/aromatic N) is 4. The van der Waals surface area contributed by atoms with Crippen molar-refractivity contribution in [2.24, 2.45) is 15.7 Å². The van der Waals surface area contributed by atoms with Crippen molar-refractivity contribution in [3.05, 3.63) is 28.2 Å². The maximum absolute atomic E-state index is 9.40. The van der Waals surface area contributed by atoms with Gasteiger partial charge in [0.1, 0.15) is 17.2 Å². The molecule has 1 fully saturated rings. The van der Waals surface area contributed by atoms with Crippen molar-refractivity contribution in [1.82, 2.24) is 15.1 Å². The highest BCUT2D eigenvalue weighted by molar-refractivity contribution is 6.43. The predicted octanol–water partition coefficient (Wildman–Crippen LogP) is 3.55. The molecule has 1 aliphatic heterocycles. The van der Waals surface area contributed by atoms with E-state index in [9.17, 15) is 5.11 Å². The Balaban J connectivity index is 1.88. The van der Waals surface area contributed by atoms with Gasteiger partial charge in [-0.25, -0.2) is 4.99 Å². The summed E-state index contributed by atoms with van der Waals surface area (Å²) in [5.74, 6) is 1.31. The maximum atomic E-state index is 9.40. The zero-order valence-corrected chi connectivity index (χ0v) is 16.6. The quantitative estimate of drug-likeness (QED) is 0.531. The summed E-state index contributed by atoms with van der Waals surface area (Å²) in [6, 6.07) is 5.33. The minimum atomic E-state index is -0.505. The first kappa shape index (κ1) is 19.8. The molecule has 1 aliphatic rings. The minimum Gasteiger partial charge on any atom is -0.394 e. The number of amidine groups is 1. The van der Waals surface area contributed by atoms with Crippen LogP contribution in [0.3, 0.4) is 0 Å². The van der Waals surface area contributed by atoms with Crippen molar-refractivity contribution >= 4 is 47.3 Å². The summed E-state index contributed by atoms with van der Waals surface area (Å²) in [7, 11) is 0. The molecule has 1 aromatic carbocycles. The van der Waals surface area contributed by atoms with Crippen LogP contribution in [0.1, 0.15) is 19.8 Å². The molecule has 27 heavy (non-hydrogen) atoms. The highest BCUT2D eigenvalue weighted by Gasteiger charge is 2.30. The fourth-order valence-electron chi connectivity index (χ4n) is 3.10. The number of rotatable bonds is 4. The molecule has 0 aliphatic carbocycles. The van der Waals surface area contributed by atoms with Crippen LogP contribution >= 0.6 is 23.2 Å². The van der Waals surface area contributed by atoms with E-state index in [1.54, 1.807) is 12.1 Å². The molecule has 0 amide bonds. The molecule has 2 heterocycles. The van der Waals surface area contributed by atoms with Gasteiger partial charge < -0.3 is 15.7 Å². The molecule has 0 saturated carbocycles. The number of halogens is 2. The SMILES string of the molecule is C=Nc1c(-c2cccc(Cl)c2Cl)n[nH]c1/N=C(\C)N1CCC(N)(CO)CC1. The summed E-state index contributed by atoms with van der Waals surface area (Å²) >= 11 is 12.4. The summed E-state index contributed by atoms with van der Waals surface area (Å²) in [6.07, 6.45) is 1.41. The Hall–Kier alpha value is -1.93. The average molecular weight is 409 g/mol. The van der Waals surface area contributed by atoms with Crippen molar-refractivity contribution < 1.29 is 5.11 Å². The largest absolute Gasteiger partial charge is 0.394 e. The van der Waals surface area contributed by atoms with Gasteiger partial charge >= 0.3 is 0 Å². The lowest BCUT2D eigenvalue weighted by Gasteiger charge is -2.38. The number of nitrogens with one attached hydrogen (secondary N) is 1. The third-order valence-corrected chi connectivity index (χ3v) is 5.71. The zero-order chi connectivity index (χ0) is 19.6. The Morgan fingerprint density at radius 3 is 2.74 bits per heavy atom. The predicted molar refractivity (Wildman–Crippen MR) is 111 cm³/mol. The molecule has 1 saturated heterocycles. The number of nitrogens with two attached hydrogens (primary N) is 1. The minimum absolute atomic E-state index is 0.00807. The number of aliphatic hydroxyl groups is 1. The molecule has 9 heteroatoms. The molecule has 144 valence electrons. The summed E-state index contributed by atoms with van der Waals surface area (Å²) < 4.78 is 0. The van der Waals surface area contributed by atoms with E-state index in [1.807, 2.05) is 13.0 Å². The van der Waals surface area contributed by atoms with Crippen LogP contribution in [0.4, 0.5) is 11.5 Å². The van der Waals surface area contributed by atoms with E-state index >= 15 is 0 Å². The molecule has 0 radical (unpaired) electrons. The standard InChI is InChI=1S/C18H22Cl2N6O/c1-11(26-8-6-18(21,10-27)7-9-26)23-17-16(22-2)15(24-25-17)12-4-3-5-13(19)14(12)20/h3-5,27H,2,6-10,21H2,1H3,(H,24,25)/b23-11+. The number of hydrogen-bond donors (Lipinski definition) is 3. The second kappa shape index (κ2) is 7.98. The number of benzene rings is 1. The smallest absolute Gasteiger partial charge is 0.176 e. The topological polar surface area (TPSA) is 103 Å². The molecular formula is C18H22Cl2N6O. The van der Waals surface area contributed by atoms with Crippen LogP contribution in [0.15, 0.2) is 28.2 Å². The van der Waals surface area contributed by atoms with E-state index in [2.05, 4.69) is 31.8 Å². The molecule has 4 N–H and O–H groups in total. The fraction of sp³-hybridized carbons (Fsp3) is 0.389. The Morgan fingerprint density at radius 2 is 2.11 bits per heavy atom. The number of H-pyrrole nitrogens is 1. The van der Waals surface area contributed by atoms with Crippen LogP contribution in [0.2, 0.25) is 10.0 Å². The number of aromatic amines is 1. The van der Waals surface area contributed by atoms with Gasteiger partial charge in [-0.2, -0.15) is 5.10 Å². The van der Waals surface area contributed by atoms with Gasteiger partial charge in [0, 0.05) is 24.2 Å². The molecule has 2 aromatic rings. The second-order valence-corrected chi connectivity index (χ2v) is 7.48. The van der Waals surface area contributed by atoms with Gasteiger partial charge in [0.05, 0.1) is 16.7 Å². The van der Waals surface area contributed by atoms with Gasteiger partial charge in [0.2, 0.25) is 0 Å². The van der Waals surface area contributed by atoms with Gasteiger partial charge in [0.25, 0.3) is 0 Å². The Morgan fingerprint density at radius 1 is 1.41 bits per heavy atom. The van der Waals surface area contributed by atoms with Gasteiger partial charge in [0.15, 0.2) is 5.82 Å². The van der Waals surface area contributed by atoms with Crippen LogP contribution in [0.5, 0.6) is 0 Å². The van der Waals surface area contributed by atoms with Crippen molar-refractivity contribution in [3.63, 3.8) is 0 Å². The zero-order valence-electron chi connectivity index (χ0n) is 15.0. The van der Waals surface area contributed by atoms with Crippen LogP contribution in [-0.2, 0) is 0 Å². The molecule has 0 spiro atoms. The van der Waals surface area contributed by atoms with Gasteiger partial charge in [-0.3, -0.25) is 10.1 Å². The van der Waals surface area contributed by atoms with E-state index in [0.29, 0.717) is 45.6 Å². The number of hydrogen-bond acceptors (Lipinski definition) is 5. The number of aliphatic hydroxyl groups excluding tert-OH is 1. The van der Waals surface area contributed by atoms with Crippen LogP contribution in [-0.4, -0.2) is 58.0 Å². The molecule has 3 rings (SSSR count). The number of aromatic nitrogens is 2. The monoisotopic (exact) mass is 408 g/mol. The summed E-state index contributed by atoms with van der Waals surface area (Å²) in [6.45, 7) is 7.00. The van der Waals surface area contributed by atoms with Gasteiger partial charge in [-0.15, -0.1) is 0 Å².